The van der Waals surface area contributed by atoms with E-state index in [9.17, 15) is 9.59 Å². The molecule has 0 bridgehead atoms. The molecule has 0 aliphatic carbocycles. The molecule has 0 saturated carbocycles. The highest BCUT2D eigenvalue weighted by molar-refractivity contribution is 5.87. The summed E-state index contributed by atoms with van der Waals surface area (Å²) in [4.78, 5) is 25.4. The van der Waals surface area contributed by atoms with Gasteiger partial charge in [0.25, 0.3) is 0 Å². The molecule has 1 saturated heterocycles. The number of carbonyl (C=O) groups excluding carboxylic acids is 2. The van der Waals surface area contributed by atoms with Crippen LogP contribution in [0.4, 0.5) is 0 Å². The first-order chi connectivity index (χ1) is 7.38. The van der Waals surface area contributed by atoms with E-state index in [1.54, 1.807) is 4.90 Å². The zero-order valence-electron chi connectivity index (χ0n) is 10.6. The molecular weight excluding hydrogens is 206 g/mol. The lowest BCUT2D eigenvalue weighted by atomic mass is 9.91. The number of nitrogens with zero attached hydrogens (tertiary/aromatic N) is 1. The molecule has 0 spiro atoms. The smallest absolute Gasteiger partial charge is 0.328 e. The minimum atomic E-state index is -0.441. The number of amides is 1. The summed E-state index contributed by atoms with van der Waals surface area (Å²) in [5, 5.41) is 0. The van der Waals surface area contributed by atoms with Crippen molar-refractivity contribution in [3.05, 3.63) is 0 Å². The number of piperidine rings is 1. The van der Waals surface area contributed by atoms with Crippen LogP contribution in [0.1, 0.15) is 40.0 Å². The molecule has 16 heavy (non-hydrogen) atoms. The van der Waals surface area contributed by atoms with Crippen molar-refractivity contribution in [2.75, 3.05) is 13.7 Å². The third kappa shape index (κ3) is 2.74. The molecule has 0 aromatic rings. The largest absolute Gasteiger partial charge is 0.467 e. The molecule has 0 N–H and O–H groups in total. The van der Waals surface area contributed by atoms with Gasteiger partial charge in [-0.05, 0) is 19.3 Å². The van der Waals surface area contributed by atoms with Crippen LogP contribution in [0.5, 0.6) is 0 Å². The summed E-state index contributed by atoms with van der Waals surface area (Å²) in [6, 6.07) is -0.384. The summed E-state index contributed by atoms with van der Waals surface area (Å²) >= 11 is 0. The lowest BCUT2D eigenvalue weighted by Gasteiger charge is -2.37. The quantitative estimate of drug-likeness (QED) is 0.639. The van der Waals surface area contributed by atoms with Gasteiger partial charge in [0.2, 0.25) is 5.91 Å². The molecular formula is C12H21NO3. The van der Waals surface area contributed by atoms with Crippen LogP contribution in [0.15, 0.2) is 0 Å². The van der Waals surface area contributed by atoms with Crippen molar-refractivity contribution in [2.45, 2.75) is 46.1 Å². The van der Waals surface area contributed by atoms with Crippen LogP contribution in [0.2, 0.25) is 0 Å². The van der Waals surface area contributed by atoms with Gasteiger partial charge in [-0.3, -0.25) is 4.79 Å². The molecule has 4 heteroatoms. The maximum atomic E-state index is 12.2. The maximum absolute atomic E-state index is 12.2. The van der Waals surface area contributed by atoms with Gasteiger partial charge in [-0.1, -0.05) is 20.8 Å². The van der Waals surface area contributed by atoms with Crippen LogP contribution in [-0.4, -0.2) is 36.5 Å². The van der Waals surface area contributed by atoms with Crippen molar-refractivity contribution >= 4 is 11.9 Å². The fourth-order valence-electron chi connectivity index (χ4n) is 1.99. The van der Waals surface area contributed by atoms with Gasteiger partial charge < -0.3 is 9.64 Å². The molecule has 0 unspecified atom stereocenters. The first kappa shape index (κ1) is 13.0. The van der Waals surface area contributed by atoms with Gasteiger partial charge >= 0.3 is 5.97 Å². The summed E-state index contributed by atoms with van der Waals surface area (Å²) < 4.78 is 4.75. The Morgan fingerprint density at radius 2 is 1.88 bits per heavy atom. The molecule has 1 heterocycles. The molecule has 1 rings (SSSR count). The molecule has 1 aliphatic rings. The first-order valence-corrected chi connectivity index (χ1v) is 5.77. The van der Waals surface area contributed by atoms with Crippen LogP contribution in [0.25, 0.3) is 0 Å². The minimum Gasteiger partial charge on any atom is -0.467 e. The number of rotatable bonds is 1. The molecule has 1 atom stereocenters. The van der Waals surface area contributed by atoms with E-state index in [-0.39, 0.29) is 17.9 Å². The number of hydrogen-bond acceptors (Lipinski definition) is 3. The number of hydrogen-bond donors (Lipinski definition) is 0. The lowest BCUT2D eigenvalue weighted by Crippen LogP contribution is -2.52. The van der Waals surface area contributed by atoms with E-state index >= 15 is 0 Å². The standard InChI is InChI=1S/C12H21NO3/c1-12(2,3)11(15)13-8-6-5-7-9(13)10(14)16-4/h9H,5-8H2,1-4H3/t9-/m1/s1. The molecule has 1 amide bonds. The van der Waals surface area contributed by atoms with Gasteiger partial charge in [0.15, 0.2) is 0 Å². The third-order valence-corrected chi connectivity index (χ3v) is 2.88. The van der Waals surface area contributed by atoms with Gasteiger partial charge in [0.1, 0.15) is 6.04 Å². The monoisotopic (exact) mass is 227 g/mol. The molecule has 0 aromatic carbocycles. The zero-order valence-corrected chi connectivity index (χ0v) is 10.6. The van der Waals surface area contributed by atoms with Crippen molar-refractivity contribution in [1.29, 1.82) is 0 Å². The number of esters is 1. The fraction of sp³-hybridized carbons (Fsp3) is 0.833. The fourth-order valence-corrected chi connectivity index (χ4v) is 1.99. The predicted octanol–water partition coefficient (Wildman–Crippen LogP) is 1.59. The summed E-state index contributed by atoms with van der Waals surface area (Å²) in [5.41, 5.74) is -0.441. The van der Waals surface area contributed by atoms with Crippen molar-refractivity contribution in [3.63, 3.8) is 0 Å². The molecule has 4 nitrogen and oxygen atoms in total. The lowest BCUT2D eigenvalue weighted by molar-refractivity contribution is -0.158. The number of carbonyl (C=O) groups is 2. The molecule has 0 radical (unpaired) electrons. The number of methoxy groups -OCH3 is 1. The van der Waals surface area contributed by atoms with E-state index in [1.165, 1.54) is 7.11 Å². The normalized spacial score (nSPS) is 21.8. The Kier molecular flexibility index (Phi) is 3.94. The van der Waals surface area contributed by atoms with Crippen LogP contribution in [-0.2, 0) is 14.3 Å². The van der Waals surface area contributed by atoms with Crippen molar-refractivity contribution < 1.29 is 14.3 Å². The van der Waals surface area contributed by atoms with Gasteiger partial charge in [-0.15, -0.1) is 0 Å². The molecule has 0 aromatic heterocycles. The van der Waals surface area contributed by atoms with E-state index in [0.29, 0.717) is 13.0 Å². The average Bonchev–Trinajstić information content (AvgIpc) is 2.25. The second-order valence-electron chi connectivity index (χ2n) is 5.28. The maximum Gasteiger partial charge on any atom is 0.328 e. The Hall–Kier alpha value is -1.06. The van der Waals surface area contributed by atoms with Gasteiger partial charge in [0.05, 0.1) is 7.11 Å². The Balaban J connectivity index is 2.82. The van der Waals surface area contributed by atoms with E-state index in [1.807, 2.05) is 20.8 Å². The Labute approximate surface area is 96.9 Å². The zero-order chi connectivity index (χ0) is 12.3. The highest BCUT2D eigenvalue weighted by atomic mass is 16.5. The SMILES string of the molecule is COC(=O)[C@H]1CCCCN1C(=O)C(C)(C)C. The highest BCUT2D eigenvalue weighted by Crippen LogP contribution is 2.25. The van der Waals surface area contributed by atoms with Crippen LogP contribution >= 0.6 is 0 Å². The van der Waals surface area contributed by atoms with Gasteiger partial charge in [-0.25, -0.2) is 4.79 Å². The Morgan fingerprint density at radius 3 is 2.38 bits per heavy atom. The summed E-state index contributed by atoms with van der Waals surface area (Å²) in [7, 11) is 1.37. The number of likely N-dealkylation sites (tertiary alicyclic amines) is 1. The van der Waals surface area contributed by atoms with E-state index in [2.05, 4.69) is 0 Å². The van der Waals surface area contributed by atoms with E-state index < -0.39 is 5.41 Å². The predicted molar refractivity (Wildman–Crippen MR) is 60.8 cm³/mol. The van der Waals surface area contributed by atoms with Crippen LogP contribution < -0.4 is 0 Å². The Bertz CT molecular complexity index is 280. The Morgan fingerprint density at radius 1 is 1.25 bits per heavy atom. The molecule has 92 valence electrons. The number of ether oxygens (including phenoxy) is 1. The minimum absolute atomic E-state index is 0.0302. The topological polar surface area (TPSA) is 46.6 Å². The summed E-state index contributed by atoms with van der Waals surface area (Å²) in [5.74, 6) is -0.264. The van der Waals surface area contributed by atoms with Crippen LogP contribution in [0.3, 0.4) is 0 Å². The van der Waals surface area contributed by atoms with Gasteiger partial charge in [-0.2, -0.15) is 0 Å². The molecule has 1 fully saturated rings. The summed E-state index contributed by atoms with van der Waals surface area (Å²) in [6.07, 6.45) is 2.66. The first-order valence-electron chi connectivity index (χ1n) is 5.77. The second-order valence-corrected chi connectivity index (χ2v) is 5.28. The van der Waals surface area contributed by atoms with Gasteiger partial charge in [0, 0.05) is 12.0 Å². The van der Waals surface area contributed by atoms with Crippen molar-refractivity contribution in [3.8, 4) is 0 Å². The van der Waals surface area contributed by atoms with E-state index in [0.717, 1.165) is 12.8 Å². The van der Waals surface area contributed by atoms with Crippen molar-refractivity contribution in [2.24, 2.45) is 5.41 Å². The third-order valence-electron chi connectivity index (χ3n) is 2.88. The van der Waals surface area contributed by atoms with E-state index in [4.69, 9.17) is 4.74 Å². The molecule has 1 aliphatic heterocycles. The second kappa shape index (κ2) is 4.85. The van der Waals surface area contributed by atoms with Crippen molar-refractivity contribution in [1.82, 2.24) is 4.90 Å². The average molecular weight is 227 g/mol. The van der Waals surface area contributed by atoms with Crippen LogP contribution in [0, 0.1) is 5.41 Å². The highest BCUT2D eigenvalue weighted by Gasteiger charge is 2.37. The summed E-state index contributed by atoms with van der Waals surface area (Å²) in [6.45, 7) is 6.28.